The van der Waals surface area contributed by atoms with Crippen molar-refractivity contribution in [2.24, 2.45) is 0 Å². The summed E-state index contributed by atoms with van der Waals surface area (Å²) >= 11 is 7.70. The van der Waals surface area contributed by atoms with Crippen LogP contribution in [0.1, 0.15) is 34.0 Å². The third kappa shape index (κ3) is 3.19. The highest BCUT2D eigenvalue weighted by atomic mass is 35.5. The Balaban J connectivity index is 1.75. The molecule has 2 nitrogen and oxygen atoms in total. The Bertz CT molecular complexity index is 602. The lowest BCUT2D eigenvalue weighted by Crippen LogP contribution is -2.14. The summed E-state index contributed by atoms with van der Waals surface area (Å²) in [4.78, 5) is 5.78. The van der Waals surface area contributed by atoms with Crippen LogP contribution in [0.2, 0.25) is 5.02 Å². The Labute approximate surface area is 127 Å². The van der Waals surface area contributed by atoms with Crippen molar-refractivity contribution >= 4 is 22.9 Å². The van der Waals surface area contributed by atoms with Crippen LogP contribution in [0.15, 0.2) is 18.2 Å². The molecule has 0 radical (unpaired) electrons. The molecule has 106 valence electrons. The van der Waals surface area contributed by atoms with Crippen LogP contribution in [-0.2, 0) is 13.0 Å². The molecule has 1 N–H and O–H groups in total. The molecule has 0 atom stereocenters. The van der Waals surface area contributed by atoms with Gasteiger partial charge in [0.05, 0.1) is 10.7 Å². The average molecular weight is 311 g/mol. The molecule has 1 aliphatic rings. The molecule has 0 aliphatic heterocycles. The predicted molar refractivity (Wildman–Crippen MR) is 80.9 cm³/mol. The summed E-state index contributed by atoms with van der Waals surface area (Å²) in [6, 6.07) is 5.47. The van der Waals surface area contributed by atoms with E-state index in [2.05, 4.69) is 10.3 Å². The molecule has 1 aromatic carbocycles. The van der Waals surface area contributed by atoms with Gasteiger partial charge in [0.1, 0.15) is 5.82 Å². The monoisotopic (exact) mass is 310 g/mol. The zero-order valence-electron chi connectivity index (χ0n) is 11.2. The standard InChI is InChI=1S/C15H16ClFN2S/c1-9-14(8-18-10-5-6-10)20-15(19-9)7-11-12(16)3-2-4-13(11)17/h2-4,10,18H,5-8H2,1H3. The zero-order valence-corrected chi connectivity index (χ0v) is 12.8. The Morgan fingerprint density at radius 1 is 1.45 bits per heavy atom. The van der Waals surface area contributed by atoms with Crippen LogP contribution in [0.4, 0.5) is 4.39 Å². The second-order valence-corrected chi connectivity index (χ2v) is 6.72. The molecule has 1 aromatic heterocycles. The molecule has 0 unspecified atom stereocenters. The number of hydrogen-bond donors (Lipinski definition) is 1. The fourth-order valence-electron chi connectivity index (χ4n) is 2.10. The number of thiazole rings is 1. The number of halogens is 2. The predicted octanol–water partition coefficient (Wildman–Crippen LogP) is 4.09. The number of nitrogens with zero attached hydrogens (tertiary/aromatic N) is 1. The fourth-order valence-corrected chi connectivity index (χ4v) is 3.37. The first-order valence-electron chi connectivity index (χ1n) is 6.75. The van der Waals surface area contributed by atoms with Crippen molar-refractivity contribution in [1.82, 2.24) is 10.3 Å². The third-order valence-corrected chi connectivity index (χ3v) is 4.97. The lowest BCUT2D eigenvalue weighted by molar-refractivity contribution is 0.614. The summed E-state index contributed by atoms with van der Waals surface area (Å²) in [6.45, 7) is 2.87. The lowest BCUT2D eigenvalue weighted by atomic mass is 10.1. The normalized spacial score (nSPS) is 14.8. The van der Waals surface area contributed by atoms with E-state index in [-0.39, 0.29) is 5.82 Å². The molecule has 0 spiro atoms. The number of nitrogens with one attached hydrogen (secondary N) is 1. The van der Waals surface area contributed by atoms with Crippen LogP contribution in [-0.4, -0.2) is 11.0 Å². The van der Waals surface area contributed by atoms with E-state index >= 15 is 0 Å². The summed E-state index contributed by atoms with van der Waals surface area (Å²) in [5.41, 5.74) is 1.57. The fraction of sp³-hybridized carbons (Fsp3) is 0.400. The van der Waals surface area contributed by atoms with Gasteiger partial charge in [-0.05, 0) is 31.9 Å². The van der Waals surface area contributed by atoms with Gasteiger partial charge in [-0.15, -0.1) is 11.3 Å². The van der Waals surface area contributed by atoms with Gasteiger partial charge in [-0.2, -0.15) is 0 Å². The highest BCUT2D eigenvalue weighted by Gasteiger charge is 2.21. The minimum absolute atomic E-state index is 0.261. The molecule has 0 amide bonds. The summed E-state index contributed by atoms with van der Waals surface area (Å²) < 4.78 is 13.8. The van der Waals surface area contributed by atoms with Crippen molar-refractivity contribution in [3.05, 3.63) is 50.2 Å². The van der Waals surface area contributed by atoms with E-state index < -0.39 is 0 Å². The van der Waals surface area contributed by atoms with Gasteiger partial charge in [-0.1, -0.05) is 17.7 Å². The Kier molecular flexibility index (Phi) is 4.06. The quantitative estimate of drug-likeness (QED) is 0.900. The number of rotatable bonds is 5. The third-order valence-electron chi connectivity index (χ3n) is 3.46. The first-order chi connectivity index (χ1) is 9.63. The first kappa shape index (κ1) is 14.0. The Morgan fingerprint density at radius 2 is 2.25 bits per heavy atom. The van der Waals surface area contributed by atoms with Gasteiger partial charge < -0.3 is 5.32 Å². The molecule has 20 heavy (non-hydrogen) atoms. The van der Waals surface area contributed by atoms with Crippen LogP contribution < -0.4 is 5.32 Å². The van der Waals surface area contributed by atoms with Crippen LogP contribution in [0, 0.1) is 12.7 Å². The topological polar surface area (TPSA) is 24.9 Å². The van der Waals surface area contributed by atoms with E-state index in [0.29, 0.717) is 23.0 Å². The minimum atomic E-state index is -0.261. The van der Waals surface area contributed by atoms with Crippen LogP contribution in [0.3, 0.4) is 0 Å². The SMILES string of the molecule is Cc1nc(Cc2c(F)cccc2Cl)sc1CNC1CC1. The van der Waals surface area contributed by atoms with Crippen LogP contribution >= 0.6 is 22.9 Å². The van der Waals surface area contributed by atoms with E-state index in [1.807, 2.05) is 6.92 Å². The largest absolute Gasteiger partial charge is 0.309 e. The van der Waals surface area contributed by atoms with E-state index in [9.17, 15) is 4.39 Å². The zero-order chi connectivity index (χ0) is 14.1. The molecule has 5 heteroatoms. The van der Waals surface area contributed by atoms with Gasteiger partial charge in [0, 0.05) is 34.5 Å². The van der Waals surface area contributed by atoms with E-state index in [1.54, 1.807) is 23.5 Å². The molecule has 1 saturated carbocycles. The number of aromatic nitrogens is 1. The van der Waals surface area contributed by atoms with Crippen LogP contribution in [0.5, 0.6) is 0 Å². The van der Waals surface area contributed by atoms with Crippen molar-refractivity contribution in [3.8, 4) is 0 Å². The molecule has 0 saturated heterocycles. The van der Waals surface area contributed by atoms with Gasteiger partial charge in [0.15, 0.2) is 0 Å². The van der Waals surface area contributed by atoms with Gasteiger partial charge >= 0.3 is 0 Å². The van der Waals surface area contributed by atoms with E-state index in [4.69, 9.17) is 11.6 Å². The van der Waals surface area contributed by atoms with Crippen molar-refractivity contribution in [2.45, 2.75) is 38.8 Å². The van der Waals surface area contributed by atoms with Crippen molar-refractivity contribution in [2.75, 3.05) is 0 Å². The average Bonchev–Trinajstić information content (AvgIpc) is 3.16. The number of benzene rings is 1. The van der Waals surface area contributed by atoms with Crippen molar-refractivity contribution in [3.63, 3.8) is 0 Å². The molecular formula is C15H16ClFN2S. The summed E-state index contributed by atoms with van der Waals surface area (Å²) in [5, 5.41) is 4.87. The molecule has 1 heterocycles. The second kappa shape index (κ2) is 5.80. The first-order valence-corrected chi connectivity index (χ1v) is 7.94. The van der Waals surface area contributed by atoms with Crippen molar-refractivity contribution in [1.29, 1.82) is 0 Å². The second-order valence-electron chi connectivity index (χ2n) is 5.15. The smallest absolute Gasteiger partial charge is 0.128 e. The molecule has 0 bridgehead atoms. The maximum Gasteiger partial charge on any atom is 0.128 e. The van der Waals surface area contributed by atoms with Crippen LogP contribution in [0.25, 0.3) is 0 Å². The maximum atomic E-state index is 13.8. The molecule has 1 fully saturated rings. The van der Waals surface area contributed by atoms with Crippen molar-refractivity contribution < 1.29 is 4.39 Å². The van der Waals surface area contributed by atoms with Gasteiger partial charge in [-0.3, -0.25) is 0 Å². The van der Waals surface area contributed by atoms with Gasteiger partial charge in [-0.25, -0.2) is 9.37 Å². The molecule has 3 rings (SSSR count). The highest BCUT2D eigenvalue weighted by Crippen LogP contribution is 2.27. The molecule has 1 aliphatic carbocycles. The Morgan fingerprint density at radius 3 is 2.95 bits per heavy atom. The molecular weight excluding hydrogens is 295 g/mol. The van der Waals surface area contributed by atoms with Gasteiger partial charge in [0.25, 0.3) is 0 Å². The summed E-state index contributed by atoms with van der Waals surface area (Å²) in [6.07, 6.45) is 3.01. The summed E-state index contributed by atoms with van der Waals surface area (Å²) in [5.74, 6) is -0.261. The minimum Gasteiger partial charge on any atom is -0.309 e. The maximum absolute atomic E-state index is 13.8. The Hall–Kier alpha value is -0.970. The summed E-state index contributed by atoms with van der Waals surface area (Å²) in [7, 11) is 0. The molecule has 2 aromatic rings. The lowest BCUT2D eigenvalue weighted by Gasteiger charge is -2.03. The number of hydrogen-bond acceptors (Lipinski definition) is 3. The number of aryl methyl sites for hydroxylation is 1. The van der Waals surface area contributed by atoms with E-state index in [0.717, 1.165) is 17.2 Å². The van der Waals surface area contributed by atoms with E-state index in [1.165, 1.54) is 23.8 Å². The highest BCUT2D eigenvalue weighted by molar-refractivity contribution is 7.11. The van der Waals surface area contributed by atoms with Gasteiger partial charge in [0.2, 0.25) is 0 Å².